The van der Waals surface area contributed by atoms with Crippen molar-refractivity contribution >= 4 is 39.5 Å². The van der Waals surface area contributed by atoms with E-state index in [4.69, 9.17) is 23.2 Å². The Hall–Kier alpha value is -1.39. The van der Waals surface area contributed by atoms with Crippen LogP contribution >= 0.6 is 23.2 Å². The van der Waals surface area contributed by atoms with E-state index in [1.54, 1.807) is 10.6 Å². The van der Waals surface area contributed by atoms with Gasteiger partial charge >= 0.3 is 0 Å². The summed E-state index contributed by atoms with van der Waals surface area (Å²) in [5.41, 5.74) is -0.0225. The lowest BCUT2D eigenvalue weighted by molar-refractivity contribution is 0.108. The molecule has 0 radical (unpaired) electrons. The Labute approximate surface area is 107 Å². The number of aryl methyl sites for hydroxylation is 1. The predicted molar refractivity (Wildman–Crippen MR) is 66.9 cm³/mol. The topological polar surface area (TPSA) is 52.0 Å². The highest BCUT2D eigenvalue weighted by molar-refractivity contribution is 6.67. The van der Waals surface area contributed by atoms with Crippen molar-refractivity contribution in [1.82, 2.24) is 9.55 Å². The molecule has 0 atom stereocenters. The van der Waals surface area contributed by atoms with Crippen molar-refractivity contribution in [2.75, 3.05) is 0 Å². The number of carbonyl (C=O) groups excluding carboxylic acids is 1. The lowest BCUT2D eigenvalue weighted by atomic mass is 10.2. The zero-order valence-corrected chi connectivity index (χ0v) is 10.4. The van der Waals surface area contributed by atoms with Crippen LogP contribution in [-0.2, 0) is 6.54 Å². The molecule has 0 N–H and O–H groups in total. The highest BCUT2D eigenvalue weighted by Crippen LogP contribution is 2.14. The Morgan fingerprint density at radius 1 is 1.47 bits per heavy atom. The fourth-order valence-corrected chi connectivity index (χ4v) is 1.90. The molecule has 4 nitrogen and oxygen atoms in total. The summed E-state index contributed by atoms with van der Waals surface area (Å²) in [5, 5.41) is -0.138. The summed E-state index contributed by atoms with van der Waals surface area (Å²) >= 11 is 11.2. The second kappa shape index (κ2) is 4.47. The summed E-state index contributed by atoms with van der Waals surface area (Å²) < 4.78 is 1.66. The van der Waals surface area contributed by atoms with Crippen LogP contribution in [0.3, 0.4) is 0 Å². The minimum absolute atomic E-state index is 0.0508. The first kappa shape index (κ1) is 12.1. The maximum atomic E-state index is 11.9. The Morgan fingerprint density at radius 2 is 2.18 bits per heavy atom. The van der Waals surface area contributed by atoms with Crippen LogP contribution in [0.1, 0.15) is 17.3 Å². The molecule has 0 amide bonds. The van der Waals surface area contributed by atoms with Gasteiger partial charge in [0, 0.05) is 12.7 Å². The van der Waals surface area contributed by atoms with Gasteiger partial charge in [-0.05, 0) is 30.7 Å². The molecule has 2 rings (SSSR count). The Kier molecular flexibility index (Phi) is 3.17. The van der Waals surface area contributed by atoms with Gasteiger partial charge in [-0.25, -0.2) is 4.98 Å². The van der Waals surface area contributed by atoms with Gasteiger partial charge in [0.25, 0.3) is 5.24 Å². The second-order valence-electron chi connectivity index (χ2n) is 3.44. The molecule has 0 aliphatic heterocycles. The number of hydrogen-bond donors (Lipinski definition) is 0. The number of aromatic nitrogens is 2. The number of nitrogens with zero attached hydrogens (tertiary/aromatic N) is 2. The summed E-state index contributed by atoms with van der Waals surface area (Å²) in [6.07, 6.45) is 1.41. The van der Waals surface area contributed by atoms with Gasteiger partial charge in [-0.2, -0.15) is 0 Å². The Balaban J connectivity index is 2.95. The third kappa shape index (κ3) is 2.06. The molecule has 88 valence electrons. The molecule has 2 aromatic heterocycles. The van der Waals surface area contributed by atoms with E-state index in [0.29, 0.717) is 22.7 Å². The van der Waals surface area contributed by atoms with Crippen LogP contribution in [0.2, 0.25) is 5.15 Å². The van der Waals surface area contributed by atoms with Gasteiger partial charge in [-0.15, -0.1) is 0 Å². The number of hydrogen-bond acceptors (Lipinski definition) is 3. The van der Waals surface area contributed by atoms with Gasteiger partial charge in [-0.3, -0.25) is 9.59 Å². The first-order valence-corrected chi connectivity index (χ1v) is 5.69. The quantitative estimate of drug-likeness (QED) is 0.622. The van der Waals surface area contributed by atoms with Gasteiger partial charge in [0.05, 0.1) is 10.9 Å². The lowest BCUT2D eigenvalue weighted by Gasteiger charge is -2.08. The molecular weight excluding hydrogens is 263 g/mol. The summed E-state index contributed by atoms with van der Waals surface area (Å²) in [5.74, 6) is 0. The smallest absolute Gasteiger partial charge is 0.257 e. The highest BCUT2D eigenvalue weighted by atomic mass is 35.5. The second-order valence-corrected chi connectivity index (χ2v) is 4.17. The van der Waals surface area contributed by atoms with Crippen molar-refractivity contribution in [1.29, 1.82) is 0 Å². The van der Waals surface area contributed by atoms with Crippen LogP contribution in [-0.4, -0.2) is 14.8 Å². The molecular formula is C11H8Cl2N2O2. The van der Waals surface area contributed by atoms with Gasteiger partial charge in [0.1, 0.15) is 10.8 Å². The van der Waals surface area contributed by atoms with Gasteiger partial charge < -0.3 is 4.57 Å². The molecule has 0 aromatic carbocycles. The summed E-state index contributed by atoms with van der Waals surface area (Å²) in [4.78, 5) is 27.2. The van der Waals surface area contributed by atoms with Gasteiger partial charge in [-0.1, -0.05) is 11.6 Å². The van der Waals surface area contributed by atoms with Crippen molar-refractivity contribution in [3.63, 3.8) is 0 Å². The normalized spacial score (nSPS) is 10.8. The largest absolute Gasteiger partial charge is 0.332 e. The van der Waals surface area contributed by atoms with E-state index in [2.05, 4.69) is 4.98 Å². The molecule has 17 heavy (non-hydrogen) atoms. The van der Waals surface area contributed by atoms with Crippen molar-refractivity contribution < 1.29 is 4.79 Å². The maximum absolute atomic E-state index is 11.9. The van der Waals surface area contributed by atoms with Gasteiger partial charge in [0.15, 0.2) is 0 Å². The average molecular weight is 271 g/mol. The van der Waals surface area contributed by atoms with Gasteiger partial charge in [0.2, 0.25) is 5.43 Å². The van der Waals surface area contributed by atoms with E-state index >= 15 is 0 Å². The number of carbonyl (C=O) groups is 1. The van der Waals surface area contributed by atoms with Crippen molar-refractivity contribution in [3.8, 4) is 0 Å². The zero-order valence-electron chi connectivity index (χ0n) is 8.91. The third-order valence-electron chi connectivity index (χ3n) is 2.44. The first-order valence-electron chi connectivity index (χ1n) is 4.94. The molecule has 0 fully saturated rings. The summed E-state index contributed by atoms with van der Waals surface area (Å²) in [7, 11) is 0. The maximum Gasteiger partial charge on any atom is 0.257 e. The van der Waals surface area contributed by atoms with E-state index in [0.717, 1.165) is 0 Å². The van der Waals surface area contributed by atoms with Crippen LogP contribution in [0.5, 0.6) is 0 Å². The molecule has 0 saturated heterocycles. The van der Waals surface area contributed by atoms with Crippen LogP contribution in [0, 0.1) is 0 Å². The first-order chi connectivity index (χ1) is 8.04. The standard InChI is InChI=1S/C11H8Cl2N2O2/c1-2-15-5-7(10(13)17)9(16)6-3-4-8(12)14-11(6)15/h3-5H,2H2,1H3. The third-order valence-corrected chi connectivity index (χ3v) is 2.85. The SMILES string of the molecule is CCn1cc(C(=O)Cl)c(=O)c2ccc(Cl)nc21. The zero-order chi connectivity index (χ0) is 12.6. The molecule has 0 spiro atoms. The molecule has 0 unspecified atom stereocenters. The number of halogens is 2. The number of fused-ring (bicyclic) bond motifs is 1. The molecule has 0 aliphatic carbocycles. The van der Waals surface area contributed by atoms with E-state index < -0.39 is 10.7 Å². The van der Waals surface area contributed by atoms with Crippen LogP contribution < -0.4 is 5.43 Å². The lowest BCUT2D eigenvalue weighted by Crippen LogP contribution is -2.17. The molecule has 0 aliphatic rings. The van der Waals surface area contributed by atoms with E-state index in [-0.39, 0.29) is 5.56 Å². The molecule has 2 aromatic rings. The minimum atomic E-state index is -0.769. The van der Waals surface area contributed by atoms with Crippen molar-refractivity contribution in [2.24, 2.45) is 0 Å². The molecule has 0 bridgehead atoms. The fourth-order valence-electron chi connectivity index (χ4n) is 1.62. The summed E-state index contributed by atoms with van der Waals surface area (Å²) in [6, 6.07) is 3.05. The Morgan fingerprint density at radius 3 is 2.76 bits per heavy atom. The fraction of sp³-hybridized carbons (Fsp3) is 0.182. The molecule has 0 saturated carbocycles. The minimum Gasteiger partial charge on any atom is -0.332 e. The monoisotopic (exact) mass is 270 g/mol. The van der Waals surface area contributed by atoms with E-state index in [1.807, 2.05) is 6.92 Å². The van der Waals surface area contributed by atoms with Crippen molar-refractivity contribution in [3.05, 3.63) is 39.3 Å². The van der Waals surface area contributed by atoms with Crippen LogP contribution in [0.15, 0.2) is 23.1 Å². The van der Waals surface area contributed by atoms with Crippen molar-refractivity contribution in [2.45, 2.75) is 13.5 Å². The average Bonchev–Trinajstić information content (AvgIpc) is 2.29. The highest BCUT2D eigenvalue weighted by Gasteiger charge is 2.14. The number of pyridine rings is 2. The number of rotatable bonds is 2. The van der Waals surface area contributed by atoms with E-state index in [9.17, 15) is 9.59 Å². The summed E-state index contributed by atoms with van der Waals surface area (Å²) in [6.45, 7) is 2.43. The molecule has 2 heterocycles. The Bertz CT molecular complexity index is 664. The van der Waals surface area contributed by atoms with Crippen LogP contribution in [0.25, 0.3) is 11.0 Å². The van der Waals surface area contributed by atoms with Crippen LogP contribution in [0.4, 0.5) is 0 Å². The predicted octanol–water partition coefficient (Wildman–Crippen LogP) is 2.45. The van der Waals surface area contributed by atoms with E-state index in [1.165, 1.54) is 12.3 Å². The molecule has 6 heteroatoms.